The molecule has 27 heavy (non-hydrogen) atoms. The fraction of sp³-hybridized carbons (Fsp3) is 0.389. The van der Waals surface area contributed by atoms with Crippen LogP contribution in [0.5, 0.6) is 5.75 Å². The number of carboxylic acid groups (broad SMARTS) is 1. The molecule has 3 rings (SSSR count). The van der Waals surface area contributed by atoms with Crippen molar-refractivity contribution in [2.24, 2.45) is 0 Å². The van der Waals surface area contributed by atoms with Crippen LogP contribution in [0.1, 0.15) is 22.3 Å². The van der Waals surface area contributed by atoms with Crippen LogP contribution in [0.3, 0.4) is 0 Å². The predicted molar refractivity (Wildman–Crippen MR) is 100 cm³/mol. The quantitative estimate of drug-likeness (QED) is 0.651. The number of carboxylic acids is 1. The van der Waals surface area contributed by atoms with Gasteiger partial charge in [0.05, 0.1) is 30.3 Å². The first-order valence-corrected chi connectivity index (χ1v) is 8.88. The maximum atomic E-state index is 10.9. The van der Waals surface area contributed by atoms with Gasteiger partial charge in [0.2, 0.25) is 5.95 Å². The topological polar surface area (TPSA) is 108 Å². The van der Waals surface area contributed by atoms with Gasteiger partial charge in [-0.15, -0.1) is 0 Å². The second kappa shape index (κ2) is 8.51. The first-order valence-electron chi connectivity index (χ1n) is 8.50. The third kappa shape index (κ3) is 4.47. The Labute approximate surface area is 161 Å². The summed E-state index contributed by atoms with van der Waals surface area (Å²) in [7, 11) is 1.58. The van der Waals surface area contributed by atoms with E-state index in [9.17, 15) is 9.90 Å². The van der Waals surface area contributed by atoms with E-state index in [1.54, 1.807) is 7.11 Å². The normalized spacial score (nSPS) is 19.3. The van der Waals surface area contributed by atoms with Gasteiger partial charge in [-0.2, -0.15) is 0 Å². The number of hydrogen-bond acceptors (Lipinski definition) is 7. The van der Waals surface area contributed by atoms with Gasteiger partial charge >= 0.3 is 5.97 Å². The highest BCUT2D eigenvalue weighted by Crippen LogP contribution is 2.26. The smallest absolute Gasteiger partial charge is 0.338 e. The molecule has 0 saturated carbocycles. The lowest BCUT2D eigenvalue weighted by atomic mass is 10.1. The molecule has 1 saturated heterocycles. The van der Waals surface area contributed by atoms with Crippen LogP contribution in [0.2, 0.25) is 5.02 Å². The Bertz CT molecular complexity index is 802. The fourth-order valence-electron chi connectivity index (χ4n) is 3.14. The summed E-state index contributed by atoms with van der Waals surface area (Å²) in [5.41, 5.74) is 1.06. The zero-order chi connectivity index (χ0) is 19.4. The number of halogens is 1. The third-order valence-corrected chi connectivity index (χ3v) is 4.87. The maximum Gasteiger partial charge on any atom is 0.338 e. The standard InChI is InChI=1S/C18H21ClN4O4/c1-27-16-3-2-11(4-15(16)19)6-20-13-5-14(10-24)23(9-13)18-21-7-12(8-22-18)17(25)26/h2-4,7-8,13-14,20,24H,5-6,9-10H2,1H3,(H,25,26). The second-order valence-electron chi connectivity index (χ2n) is 6.35. The highest BCUT2D eigenvalue weighted by molar-refractivity contribution is 6.32. The summed E-state index contributed by atoms with van der Waals surface area (Å²) < 4.78 is 5.16. The summed E-state index contributed by atoms with van der Waals surface area (Å²) in [6.07, 6.45) is 3.28. The summed E-state index contributed by atoms with van der Waals surface area (Å²) >= 11 is 6.16. The lowest BCUT2D eigenvalue weighted by Crippen LogP contribution is -2.35. The number of aliphatic hydroxyl groups excluding tert-OH is 1. The molecule has 1 aliphatic rings. The van der Waals surface area contributed by atoms with Crippen LogP contribution >= 0.6 is 11.6 Å². The van der Waals surface area contributed by atoms with Gasteiger partial charge in [-0.3, -0.25) is 0 Å². The van der Waals surface area contributed by atoms with Gasteiger partial charge in [-0.25, -0.2) is 14.8 Å². The fourth-order valence-corrected chi connectivity index (χ4v) is 3.42. The van der Waals surface area contributed by atoms with Crippen LogP contribution in [0, 0.1) is 0 Å². The zero-order valence-electron chi connectivity index (χ0n) is 14.8. The number of ether oxygens (including phenoxy) is 1. The van der Waals surface area contributed by atoms with E-state index in [1.165, 1.54) is 12.4 Å². The van der Waals surface area contributed by atoms with Crippen molar-refractivity contribution >= 4 is 23.5 Å². The SMILES string of the molecule is COc1ccc(CNC2CC(CO)N(c3ncc(C(=O)O)cn3)C2)cc1Cl. The van der Waals surface area contributed by atoms with E-state index >= 15 is 0 Å². The molecule has 1 aromatic carbocycles. The minimum Gasteiger partial charge on any atom is -0.495 e. The molecular formula is C18H21ClN4O4. The van der Waals surface area contributed by atoms with Crippen LogP contribution in [0.15, 0.2) is 30.6 Å². The van der Waals surface area contributed by atoms with Crippen molar-refractivity contribution in [2.45, 2.75) is 25.0 Å². The van der Waals surface area contributed by atoms with Crippen molar-refractivity contribution in [1.29, 1.82) is 0 Å². The molecule has 9 heteroatoms. The van der Waals surface area contributed by atoms with E-state index < -0.39 is 5.97 Å². The van der Waals surface area contributed by atoms with Gasteiger partial charge in [0, 0.05) is 31.5 Å². The molecule has 3 N–H and O–H groups in total. The van der Waals surface area contributed by atoms with E-state index in [2.05, 4.69) is 15.3 Å². The van der Waals surface area contributed by atoms with Crippen molar-refractivity contribution in [1.82, 2.24) is 15.3 Å². The van der Waals surface area contributed by atoms with Gasteiger partial charge in [0.1, 0.15) is 5.75 Å². The maximum absolute atomic E-state index is 10.9. The number of nitrogens with one attached hydrogen (secondary N) is 1. The van der Waals surface area contributed by atoms with E-state index in [1.807, 2.05) is 23.1 Å². The Morgan fingerprint density at radius 3 is 2.74 bits per heavy atom. The molecule has 2 atom stereocenters. The molecule has 0 bridgehead atoms. The Hall–Kier alpha value is -2.42. The molecule has 8 nitrogen and oxygen atoms in total. The van der Waals surface area contributed by atoms with Gasteiger partial charge < -0.3 is 25.2 Å². The molecule has 0 spiro atoms. The zero-order valence-corrected chi connectivity index (χ0v) is 15.6. The largest absolute Gasteiger partial charge is 0.495 e. The van der Waals surface area contributed by atoms with Gasteiger partial charge in [0.25, 0.3) is 0 Å². The number of benzene rings is 1. The summed E-state index contributed by atoms with van der Waals surface area (Å²) in [5.74, 6) is -0.0232. The van der Waals surface area contributed by atoms with E-state index in [0.717, 1.165) is 12.0 Å². The molecule has 2 heterocycles. The second-order valence-corrected chi connectivity index (χ2v) is 6.76. The number of methoxy groups -OCH3 is 1. The van der Waals surface area contributed by atoms with Gasteiger partial charge in [-0.1, -0.05) is 17.7 Å². The number of aromatic nitrogens is 2. The Kier molecular flexibility index (Phi) is 6.10. The van der Waals surface area contributed by atoms with Crippen molar-refractivity contribution < 1.29 is 19.7 Å². The molecular weight excluding hydrogens is 372 g/mol. The van der Waals surface area contributed by atoms with Crippen molar-refractivity contribution in [3.8, 4) is 5.75 Å². The summed E-state index contributed by atoms with van der Waals surface area (Å²) in [6.45, 7) is 1.21. The molecule has 1 aromatic heterocycles. The molecule has 1 aliphatic heterocycles. The average molecular weight is 393 g/mol. The van der Waals surface area contributed by atoms with Gasteiger partial charge in [0.15, 0.2) is 0 Å². The number of anilines is 1. The number of nitrogens with zero attached hydrogens (tertiary/aromatic N) is 3. The molecule has 1 fully saturated rings. The number of carbonyl (C=O) groups is 1. The number of rotatable bonds is 7. The van der Waals surface area contributed by atoms with E-state index in [-0.39, 0.29) is 24.3 Å². The molecule has 2 unspecified atom stereocenters. The van der Waals surface area contributed by atoms with Crippen LogP contribution in [0.4, 0.5) is 5.95 Å². The monoisotopic (exact) mass is 392 g/mol. The Balaban J connectivity index is 1.63. The lowest BCUT2D eigenvalue weighted by molar-refractivity contribution is 0.0696. The van der Waals surface area contributed by atoms with Crippen molar-refractivity contribution in [3.63, 3.8) is 0 Å². The van der Waals surface area contributed by atoms with Crippen molar-refractivity contribution in [3.05, 3.63) is 46.7 Å². The highest BCUT2D eigenvalue weighted by atomic mass is 35.5. The lowest BCUT2D eigenvalue weighted by Gasteiger charge is -2.22. The Morgan fingerprint density at radius 1 is 1.41 bits per heavy atom. The predicted octanol–water partition coefficient (Wildman–Crippen LogP) is 1.57. The minimum atomic E-state index is -1.07. The molecule has 0 amide bonds. The van der Waals surface area contributed by atoms with Crippen LogP contribution < -0.4 is 15.0 Å². The summed E-state index contributed by atoms with van der Waals surface area (Å²) in [4.78, 5) is 21.1. The number of aliphatic hydroxyl groups is 1. The van der Waals surface area contributed by atoms with E-state index in [4.69, 9.17) is 21.4 Å². The Morgan fingerprint density at radius 2 is 2.15 bits per heavy atom. The molecule has 2 aromatic rings. The number of hydrogen-bond donors (Lipinski definition) is 3. The van der Waals surface area contributed by atoms with Crippen LogP contribution in [0.25, 0.3) is 0 Å². The summed E-state index contributed by atoms with van der Waals surface area (Å²) in [5, 5.41) is 22.7. The van der Waals surface area contributed by atoms with Crippen molar-refractivity contribution in [2.75, 3.05) is 25.2 Å². The van der Waals surface area contributed by atoms with Gasteiger partial charge in [-0.05, 0) is 24.1 Å². The molecule has 0 aliphatic carbocycles. The number of aromatic carboxylic acids is 1. The third-order valence-electron chi connectivity index (χ3n) is 4.58. The highest BCUT2D eigenvalue weighted by Gasteiger charge is 2.33. The van der Waals surface area contributed by atoms with Crippen LogP contribution in [-0.4, -0.2) is 58.5 Å². The molecule has 0 radical (unpaired) electrons. The molecule has 144 valence electrons. The first-order chi connectivity index (χ1) is 13.0. The first kappa shape index (κ1) is 19.3. The summed E-state index contributed by atoms with van der Waals surface area (Å²) in [6, 6.07) is 5.64. The average Bonchev–Trinajstić information content (AvgIpc) is 3.10. The minimum absolute atomic E-state index is 0.0312. The van der Waals surface area contributed by atoms with E-state index in [0.29, 0.717) is 29.8 Å². The van der Waals surface area contributed by atoms with Crippen LogP contribution in [-0.2, 0) is 6.54 Å².